The summed E-state index contributed by atoms with van der Waals surface area (Å²) in [6.45, 7) is 3.52. The van der Waals surface area contributed by atoms with Gasteiger partial charge in [0.25, 0.3) is 11.6 Å². The van der Waals surface area contributed by atoms with E-state index < -0.39 is 4.92 Å². The highest BCUT2D eigenvalue weighted by molar-refractivity contribution is 5.91. The van der Waals surface area contributed by atoms with Gasteiger partial charge in [-0.2, -0.15) is 0 Å². The molecule has 1 N–H and O–H groups in total. The van der Waals surface area contributed by atoms with Crippen molar-refractivity contribution in [2.24, 2.45) is 0 Å². The van der Waals surface area contributed by atoms with Crippen molar-refractivity contribution in [1.29, 1.82) is 0 Å². The van der Waals surface area contributed by atoms with Gasteiger partial charge in [-0.05, 0) is 36.6 Å². The number of nitrogens with one attached hydrogen (secondary N) is 1. The Hall–Kier alpha value is -2.96. The fourth-order valence-corrected chi connectivity index (χ4v) is 1.96. The van der Waals surface area contributed by atoms with Gasteiger partial charge in [0.2, 0.25) is 0 Å². The molecule has 0 spiro atoms. The SMILES string of the molecule is CCc1cccc(OCC(=O)Nc2ncc([N+](=O)[O-])cc2C)c1. The number of benzene rings is 1. The molecule has 0 saturated heterocycles. The zero-order valence-corrected chi connectivity index (χ0v) is 12.9. The molecule has 1 aromatic carbocycles. The molecule has 1 aromatic heterocycles. The fourth-order valence-electron chi connectivity index (χ4n) is 1.96. The molecule has 0 aliphatic heterocycles. The largest absolute Gasteiger partial charge is 0.484 e. The first-order valence-corrected chi connectivity index (χ1v) is 7.12. The number of nitro groups is 1. The minimum absolute atomic E-state index is 0.117. The summed E-state index contributed by atoms with van der Waals surface area (Å²) in [4.78, 5) is 25.9. The van der Waals surface area contributed by atoms with Crippen molar-refractivity contribution in [3.05, 3.63) is 57.8 Å². The van der Waals surface area contributed by atoms with Gasteiger partial charge in [0.15, 0.2) is 6.61 Å². The normalized spacial score (nSPS) is 10.2. The lowest BCUT2D eigenvalue weighted by atomic mass is 10.2. The average Bonchev–Trinajstić information content (AvgIpc) is 2.55. The van der Waals surface area contributed by atoms with Crippen molar-refractivity contribution in [3.8, 4) is 5.75 Å². The maximum atomic E-state index is 11.9. The van der Waals surface area contributed by atoms with E-state index in [1.165, 1.54) is 6.07 Å². The molecule has 0 unspecified atom stereocenters. The minimum Gasteiger partial charge on any atom is -0.484 e. The average molecular weight is 315 g/mol. The molecule has 1 heterocycles. The maximum absolute atomic E-state index is 11.9. The molecular weight excluding hydrogens is 298 g/mol. The van der Waals surface area contributed by atoms with Gasteiger partial charge in [-0.15, -0.1) is 0 Å². The standard InChI is InChI=1S/C16H17N3O4/c1-3-12-5-4-6-14(8-12)23-10-15(20)18-16-11(2)7-13(9-17-16)19(21)22/h4-9H,3,10H2,1-2H3,(H,17,18,20). The molecule has 7 nitrogen and oxygen atoms in total. The van der Waals surface area contributed by atoms with Crippen molar-refractivity contribution < 1.29 is 14.5 Å². The minimum atomic E-state index is -0.532. The smallest absolute Gasteiger partial charge is 0.287 e. The summed E-state index contributed by atoms with van der Waals surface area (Å²) in [5.41, 5.74) is 1.52. The van der Waals surface area contributed by atoms with Gasteiger partial charge in [-0.25, -0.2) is 4.98 Å². The number of aryl methyl sites for hydroxylation is 2. The molecule has 0 radical (unpaired) electrons. The van der Waals surface area contributed by atoms with Crippen LogP contribution in [0.25, 0.3) is 0 Å². The number of aromatic nitrogens is 1. The number of hydrogen-bond donors (Lipinski definition) is 1. The topological polar surface area (TPSA) is 94.4 Å². The quantitative estimate of drug-likeness (QED) is 0.653. The van der Waals surface area contributed by atoms with Crippen LogP contribution in [0.5, 0.6) is 5.75 Å². The van der Waals surface area contributed by atoms with Gasteiger partial charge < -0.3 is 10.1 Å². The Labute approximate surface area is 133 Å². The predicted octanol–water partition coefficient (Wildman–Crippen LogP) is 2.88. The summed E-state index contributed by atoms with van der Waals surface area (Å²) >= 11 is 0. The molecule has 23 heavy (non-hydrogen) atoms. The van der Waals surface area contributed by atoms with Crippen LogP contribution in [0.2, 0.25) is 0 Å². The second-order valence-corrected chi connectivity index (χ2v) is 4.95. The lowest BCUT2D eigenvalue weighted by Gasteiger charge is -2.09. The summed E-state index contributed by atoms with van der Waals surface area (Å²) in [5.74, 6) is 0.524. The number of anilines is 1. The molecular formula is C16H17N3O4. The molecule has 120 valence electrons. The van der Waals surface area contributed by atoms with Crippen LogP contribution in [0.4, 0.5) is 11.5 Å². The van der Waals surface area contributed by atoms with E-state index in [9.17, 15) is 14.9 Å². The van der Waals surface area contributed by atoms with Crippen molar-refractivity contribution in [2.45, 2.75) is 20.3 Å². The van der Waals surface area contributed by atoms with E-state index in [-0.39, 0.29) is 24.0 Å². The van der Waals surface area contributed by atoms with Crippen LogP contribution in [0.3, 0.4) is 0 Å². The third kappa shape index (κ3) is 4.50. The van der Waals surface area contributed by atoms with E-state index in [0.717, 1.165) is 18.2 Å². The summed E-state index contributed by atoms with van der Waals surface area (Å²) in [6.07, 6.45) is 1.99. The summed E-state index contributed by atoms with van der Waals surface area (Å²) in [5, 5.41) is 13.2. The second-order valence-electron chi connectivity index (χ2n) is 4.95. The van der Waals surface area contributed by atoms with Gasteiger partial charge in [0.1, 0.15) is 17.8 Å². The molecule has 0 aliphatic carbocycles. The number of hydrogen-bond acceptors (Lipinski definition) is 5. The highest BCUT2D eigenvalue weighted by atomic mass is 16.6. The summed E-state index contributed by atoms with van der Waals surface area (Å²) < 4.78 is 5.44. The predicted molar refractivity (Wildman–Crippen MR) is 85.6 cm³/mol. The third-order valence-corrected chi connectivity index (χ3v) is 3.21. The highest BCUT2D eigenvalue weighted by Crippen LogP contribution is 2.18. The van der Waals surface area contributed by atoms with Gasteiger partial charge >= 0.3 is 0 Å². The van der Waals surface area contributed by atoms with Gasteiger partial charge in [0.05, 0.1) is 4.92 Å². The number of amides is 1. The molecule has 0 aliphatic rings. The maximum Gasteiger partial charge on any atom is 0.287 e. The Morgan fingerprint density at radius 3 is 2.83 bits per heavy atom. The first kappa shape index (κ1) is 16.4. The zero-order chi connectivity index (χ0) is 16.8. The first-order valence-electron chi connectivity index (χ1n) is 7.12. The van der Waals surface area contributed by atoms with E-state index in [4.69, 9.17) is 4.74 Å². The molecule has 0 atom stereocenters. The van der Waals surface area contributed by atoms with Crippen LogP contribution in [-0.4, -0.2) is 22.4 Å². The summed E-state index contributed by atoms with van der Waals surface area (Å²) in [7, 11) is 0. The monoisotopic (exact) mass is 315 g/mol. The lowest BCUT2D eigenvalue weighted by Crippen LogP contribution is -2.21. The van der Waals surface area contributed by atoms with Crippen LogP contribution >= 0.6 is 0 Å². The van der Waals surface area contributed by atoms with E-state index in [1.54, 1.807) is 13.0 Å². The van der Waals surface area contributed by atoms with E-state index in [2.05, 4.69) is 10.3 Å². The van der Waals surface area contributed by atoms with Crippen LogP contribution < -0.4 is 10.1 Å². The molecule has 0 bridgehead atoms. The Morgan fingerprint density at radius 2 is 2.17 bits per heavy atom. The van der Waals surface area contributed by atoms with Gasteiger partial charge in [0, 0.05) is 6.07 Å². The Balaban J connectivity index is 1.95. The second kappa shape index (κ2) is 7.35. The van der Waals surface area contributed by atoms with Crippen molar-refractivity contribution >= 4 is 17.4 Å². The van der Waals surface area contributed by atoms with Gasteiger partial charge in [-0.3, -0.25) is 14.9 Å². The lowest BCUT2D eigenvalue weighted by molar-refractivity contribution is -0.385. The molecule has 1 amide bonds. The number of carbonyl (C=O) groups is 1. The molecule has 2 rings (SSSR count). The molecule has 7 heteroatoms. The van der Waals surface area contributed by atoms with Crippen LogP contribution in [-0.2, 0) is 11.2 Å². The number of rotatable bonds is 6. The molecule has 0 fully saturated rings. The third-order valence-electron chi connectivity index (χ3n) is 3.21. The molecule has 0 saturated carbocycles. The van der Waals surface area contributed by atoms with Crippen LogP contribution in [0, 0.1) is 17.0 Å². The van der Waals surface area contributed by atoms with Crippen LogP contribution in [0.15, 0.2) is 36.5 Å². The van der Waals surface area contributed by atoms with Crippen molar-refractivity contribution in [2.75, 3.05) is 11.9 Å². The van der Waals surface area contributed by atoms with E-state index in [1.807, 2.05) is 25.1 Å². The van der Waals surface area contributed by atoms with E-state index in [0.29, 0.717) is 11.3 Å². The van der Waals surface area contributed by atoms with Crippen molar-refractivity contribution in [3.63, 3.8) is 0 Å². The zero-order valence-electron chi connectivity index (χ0n) is 12.9. The van der Waals surface area contributed by atoms with E-state index >= 15 is 0 Å². The number of nitrogens with zero attached hydrogens (tertiary/aromatic N) is 2. The highest BCUT2D eigenvalue weighted by Gasteiger charge is 2.12. The molecule has 2 aromatic rings. The number of ether oxygens (including phenoxy) is 1. The fraction of sp³-hybridized carbons (Fsp3) is 0.250. The summed E-state index contributed by atoms with van der Waals surface area (Å²) in [6, 6.07) is 8.86. The Morgan fingerprint density at radius 1 is 1.39 bits per heavy atom. The Bertz CT molecular complexity index is 731. The van der Waals surface area contributed by atoms with Crippen LogP contribution in [0.1, 0.15) is 18.1 Å². The first-order chi connectivity index (χ1) is 11.0. The Kier molecular flexibility index (Phi) is 5.24. The van der Waals surface area contributed by atoms with Crippen molar-refractivity contribution in [1.82, 2.24) is 4.98 Å². The number of pyridine rings is 1. The number of carbonyl (C=O) groups excluding carboxylic acids is 1. The van der Waals surface area contributed by atoms with Gasteiger partial charge in [-0.1, -0.05) is 19.1 Å².